The highest BCUT2D eigenvalue weighted by Gasteiger charge is 2.44. The van der Waals surface area contributed by atoms with E-state index in [0.717, 1.165) is 44.2 Å². The van der Waals surface area contributed by atoms with Gasteiger partial charge in [0.25, 0.3) is 0 Å². The monoisotopic (exact) mass is 668 g/mol. The fourth-order valence-electron chi connectivity index (χ4n) is 8.76. The predicted molar refractivity (Wildman–Crippen MR) is 212 cm³/mol. The molecule has 248 valence electrons. The minimum absolute atomic E-state index is 0.0470. The van der Waals surface area contributed by atoms with Crippen molar-refractivity contribution in [2.45, 2.75) is 37.5 Å². The van der Waals surface area contributed by atoms with Crippen molar-refractivity contribution in [1.29, 1.82) is 0 Å². The van der Waals surface area contributed by atoms with Crippen LogP contribution < -0.4 is 0 Å². The van der Waals surface area contributed by atoms with Gasteiger partial charge < -0.3 is 0 Å². The third-order valence-electron chi connectivity index (χ3n) is 11.2. The van der Waals surface area contributed by atoms with Crippen LogP contribution in [0.5, 0.6) is 0 Å². The van der Waals surface area contributed by atoms with Crippen molar-refractivity contribution in [1.82, 2.24) is 19.9 Å². The third kappa shape index (κ3) is 5.05. The summed E-state index contributed by atoms with van der Waals surface area (Å²) in [6.45, 7) is 0. The first-order chi connectivity index (χ1) is 25.7. The molecule has 0 bridgehead atoms. The van der Waals surface area contributed by atoms with E-state index < -0.39 is 0 Å². The zero-order chi connectivity index (χ0) is 34.5. The Kier molecular flexibility index (Phi) is 7.35. The second-order valence-electron chi connectivity index (χ2n) is 14.1. The summed E-state index contributed by atoms with van der Waals surface area (Å²) in [5.74, 6) is 2.00. The second kappa shape index (κ2) is 12.5. The molecule has 0 aliphatic heterocycles. The van der Waals surface area contributed by atoms with Crippen molar-refractivity contribution >= 4 is 10.8 Å². The van der Waals surface area contributed by atoms with E-state index in [0.29, 0.717) is 17.5 Å². The van der Waals surface area contributed by atoms with E-state index in [9.17, 15) is 0 Å². The van der Waals surface area contributed by atoms with E-state index in [1.54, 1.807) is 0 Å². The summed E-state index contributed by atoms with van der Waals surface area (Å²) in [6, 6.07) is 52.0. The molecule has 4 nitrogen and oxygen atoms in total. The van der Waals surface area contributed by atoms with E-state index in [-0.39, 0.29) is 5.41 Å². The van der Waals surface area contributed by atoms with Gasteiger partial charge in [0.2, 0.25) is 0 Å². The average molecular weight is 669 g/mol. The maximum Gasteiger partial charge on any atom is 0.164 e. The van der Waals surface area contributed by atoms with Gasteiger partial charge >= 0.3 is 0 Å². The van der Waals surface area contributed by atoms with Crippen molar-refractivity contribution < 1.29 is 0 Å². The molecule has 1 saturated carbocycles. The molecule has 8 aromatic rings. The molecule has 0 amide bonds. The van der Waals surface area contributed by atoms with Gasteiger partial charge in [0, 0.05) is 34.5 Å². The highest BCUT2D eigenvalue weighted by Crippen LogP contribution is 2.57. The van der Waals surface area contributed by atoms with Crippen molar-refractivity contribution in [3.63, 3.8) is 0 Å². The summed E-state index contributed by atoms with van der Waals surface area (Å²) >= 11 is 0. The van der Waals surface area contributed by atoms with Crippen LogP contribution in [0.3, 0.4) is 0 Å². The second-order valence-corrected chi connectivity index (χ2v) is 14.1. The molecule has 2 aromatic heterocycles. The number of hydrogen-bond donors (Lipinski definition) is 0. The number of rotatable bonds is 5. The van der Waals surface area contributed by atoms with Crippen LogP contribution in [0.25, 0.3) is 78.3 Å². The first-order valence-corrected chi connectivity index (χ1v) is 18.3. The largest absolute Gasteiger partial charge is 0.264 e. The van der Waals surface area contributed by atoms with Crippen LogP contribution in [0.1, 0.15) is 43.2 Å². The fourth-order valence-corrected chi connectivity index (χ4v) is 8.76. The maximum atomic E-state index is 5.22. The number of nitrogens with zero attached hydrogens (tertiary/aromatic N) is 4. The fraction of sp³-hybridized carbons (Fsp3) is 0.125. The first-order valence-electron chi connectivity index (χ1n) is 18.3. The Morgan fingerprint density at radius 2 is 1.10 bits per heavy atom. The van der Waals surface area contributed by atoms with Crippen LogP contribution in [0, 0.1) is 0 Å². The molecule has 10 rings (SSSR count). The van der Waals surface area contributed by atoms with Crippen molar-refractivity contribution in [2.24, 2.45) is 0 Å². The highest BCUT2D eigenvalue weighted by molar-refractivity contribution is 5.96. The minimum Gasteiger partial charge on any atom is -0.264 e. The molecule has 2 heterocycles. The number of fused-ring (bicyclic) bond motifs is 6. The Hall–Kier alpha value is -6.26. The molecule has 0 radical (unpaired) electrons. The molecule has 52 heavy (non-hydrogen) atoms. The lowest BCUT2D eigenvalue weighted by atomic mass is 9.67. The molecular weight excluding hydrogens is 633 g/mol. The van der Waals surface area contributed by atoms with Crippen LogP contribution in [0.4, 0.5) is 0 Å². The summed E-state index contributed by atoms with van der Waals surface area (Å²) in [4.78, 5) is 19.9. The van der Waals surface area contributed by atoms with E-state index >= 15 is 0 Å². The van der Waals surface area contributed by atoms with Crippen LogP contribution in [0.2, 0.25) is 0 Å². The van der Waals surface area contributed by atoms with E-state index in [1.807, 2.05) is 36.7 Å². The molecule has 4 heteroatoms. The number of hydrogen-bond acceptors (Lipinski definition) is 4. The summed E-state index contributed by atoms with van der Waals surface area (Å²) in [7, 11) is 0. The van der Waals surface area contributed by atoms with Gasteiger partial charge in [0.1, 0.15) is 0 Å². The van der Waals surface area contributed by atoms with Crippen molar-refractivity contribution in [2.75, 3.05) is 0 Å². The Bertz CT molecular complexity index is 2600. The third-order valence-corrected chi connectivity index (χ3v) is 11.2. The standard InChI is InChI=1S/C48H36N4/c1-3-14-33(15-4-1)45-50-46(52-47(51-45)41-21-11-16-32-13-5-6-18-37(32)41)40-20-8-7-19-38(40)35-23-25-43-42(29-35)39-24-22-34(36-17-12-28-49-31-36)30-44(39)48(43)26-9-2-10-27-48/h1,3-8,11-25,28-31H,2,9-10,26-27H2. The molecule has 2 aliphatic carbocycles. The molecular formula is C48H36N4. The number of pyridine rings is 1. The molecule has 0 atom stereocenters. The summed E-state index contributed by atoms with van der Waals surface area (Å²) in [5, 5.41) is 2.28. The lowest BCUT2D eigenvalue weighted by molar-refractivity contribution is 0.353. The van der Waals surface area contributed by atoms with Crippen LogP contribution in [0.15, 0.2) is 158 Å². The predicted octanol–water partition coefficient (Wildman–Crippen LogP) is 12.0. The van der Waals surface area contributed by atoms with E-state index in [4.69, 9.17) is 15.0 Å². The molecule has 0 saturated heterocycles. The Balaban J connectivity index is 1.14. The highest BCUT2D eigenvalue weighted by atomic mass is 15.0. The van der Waals surface area contributed by atoms with Gasteiger partial charge in [0.15, 0.2) is 17.5 Å². The van der Waals surface area contributed by atoms with Crippen LogP contribution in [-0.2, 0) is 5.41 Å². The SMILES string of the molecule is c1ccc(-c2nc(-c3ccccc3-c3ccc4c(c3)-c3ccc(-c5cccnc5)cc3C43CCCCC3)nc(-c3cccc4ccccc34)n2)cc1. The Labute approximate surface area is 304 Å². The first kappa shape index (κ1) is 30.6. The molecule has 2 aliphatic rings. The van der Waals surface area contributed by atoms with Crippen molar-refractivity contribution in [3.8, 4) is 67.5 Å². The summed E-state index contributed by atoms with van der Waals surface area (Å²) in [6.07, 6.45) is 10.00. The molecule has 1 fully saturated rings. The van der Waals surface area contributed by atoms with Gasteiger partial charge in [-0.05, 0) is 86.3 Å². The topological polar surface area (TPSA) is 51.6 Å². The lowest BCUT2D eigenvalue weighted by Gasteiger charge is -2.36. The Morgan fingerprint density at radius 1 is 0.404 bits per heavy atom. The average Bonchev–Trinajstić information content (AvgIpc) is 3.48. The van der Waals surface area contributed by atoms with Gasteiger partial charge in [-0.3, -0.25) is 4.98 Å². The zero-order valence-electron chi connectivity index (χ0n) is 28.8. The lowest BCUT2D eigenvalue weighted by Crippen LogP contribution is -2.28. The van der Waals surface area contributed by atoms with Gasteiger partial charge in [-0.25, -0.2) is 15.0 Å². The van der Waals surface area contributed by atoms with Gasteiger partial charge in [0.05, 0.1) is 0 Å². The van der Waals surface area contributed by atoms with Crippen LogP contribution in [-0.4, -0.2) is 19.9 Å². The van der Waals surface area contributed by atoms with Gasteiger partial charge in [-0.2, -0.15) is 0 Å². The number of aromatic nitrogens is 4. The minimum atomic E-state index is 0.0470. The van der Waals surface area contributed by atoms with Crippen LogP contribution >= 0.6 is 0 Å². The van der Waals surface area contributed by atoms with Gasteiger partial charge in [-0.1, -0.05) is 147 Å². The molecule has 1 spiro atoms. The zero-order valence-corrected chi connectivity index (χ0v) is 28.8. The smallest absolute Gasteiger partial charge is 0.164 e. The maximum absolute atomic E-state index is 5.22. The van der Waals surface area contributed by atoms with Gasteiger partial charge in [-0.15, -0.1) is 0 Å². The molecule has 0 unspecified atom stereocenters. The van der Waals surface area contributed by atoms with E-state index in [2.05, 4.69) is 126 Å². The number of benzene rings is 6. The Morgan fingerprint density at radius 3 is 1.94 bits per heavy atom. The molecule has 0 N–H and O–H groups in total. The summed E-state index contributed by atoms with van der Waals surface area (Å²) in [5.41, 5.74) is 13.3. The molecule has 6 aromatic carbocycles. The summed E-state index contributed by atoms with van der Waals surface area (Å²) < 4.78 is 0. The normalized spacial score (nSPS) is 14.3. The quantitative estimate of drug-likeness (QED) is 0.183. The van der Waals surface area contributed by atoms with Crippen molar-refractivity contribution in [3.05, 3.63) is 169 Å². The van der Waals surface area contributed by atoms with E-state index in [1.165, 1.54) is 59.9 Å².